The average molecular weight is 507 g/mol. The molecule has 0 bridgehead atoms. The fourth-order valence-corrected chi connectivity index (χ4v) is 4.95. The van der Waals surface area contributed by atoms with Crippen molar-refractivity contribution in [2.45, 2.75) is 38.3 Å². The van der Waals surface area contributed by atoms with Crippen molar-refractivity contribution in [3.63, 3.8) is 0 Å². The first-order valence-corrected chi connectivity index (χ1v) is 12.2. The van der Waals surface area contributed by atoms with Crippen LogP contribution in [-0.4, -0.2) is 45.8 Å². The Morgan fingerprint density at radius 2 is 2.00 bits per heavy atom. The zero-order valence-corrected chi connectivity index (χ0v) is 20.6. The molecule has 3 aromatic rings. The van der Waals surface area contributed by atoms with Crippen molar-refractivity contribution in [1.82, 2.24) is 19.7 Å². The molecule has 1 fully saturated rings. The topological polar surface area (TPSA) is 95.2 Å². The fourth-order valence-electron chi connectivity index (χ4n) is 4.27. The molecule has 34 heavy (non-hydrogen) atoms. The number of pyridine rings is 1. The summed E-state index contributed by atoms with van der Waals surface area (Å²) < 4.78 is 22.0. The molecule has 1 atom stereocenters. The molecule has 1 aliphatic rings. The summed E-state index contributed by atoms with van der Waals surface area (Å²) in [6, 6.07) is 6.77. The number of piperidine rings is 1. The number of nitrogens with two attached hydrogens (primary N) is 2. The van der Waals surface area contributed by atoms with Crippen LogP contribution in [0.4, 0.5) is 10.2 Å². The van der Waals surface area contributed by atoms with E-state index in [1.54, 1.807) is 19.2 Å². The van der Waals surface area contributed by atoms with Gasteiger partial charge in [-0.25, -0.2) is 9.37 Å². The Kier molecular flexibility index (Phi) is 7.93. The van der Waals surface area contributed by atoms with Gasteiger partial charge in [-0.1, -0.05) is 23.2 Å². The Morgan fingerprint density at radius 3 is 2.74 bits per heavy atom. The maximum absolute atomic E-state index is 14.0. The second-order valence-corrected chi connectivity index (χ2v) is 9.31. The van der Waals surface area contributed by atoms with Crippen LogP contribution >= 0.6 is 23.2 Å². The number of aromatic nitrogens is 3. The molecule has 4 N–H and O–H groups in total. The van der Waals surface area contributed by atoms with E-state index in [4.69, 9.17) is 44.5 Å². The summed E-state index contributed by atoms with van der Waals surface area (Å²) in [6.07, 6.45) is 6.15. The van der Waals surface area contributed by atoms with Crippen molar-refractivity contribution in [3.8, 4) is 17.0 Å². The highest BCUT2D eigenvalue weighted by atomic mass is 35.5. The van der Waals surface area contributed by atoms with E-state index in [2.05, 4.69) is 9.88 Å². The Morgan fingerprint density at radius 1 is 1.24 bits per heavy atom. The third-order valence-corrected chi connectivity index (χ3v) is 6.90. The Bertz CT molecular complexity index is 1130. The smallest absolute Gasteiger partial charge is 0.166 e. The molecule has 2 aromatic heterocycles. The highest BCUT2D eigenvalue weighted by Crippen LogP contribution is 2.37. The lowest BCUT2D eigenvalue weighted by molar-refractivity contribution is 0.179. The molecule has 1 aliphatic heterocycles. The minimum Gasteiger partial charge on any atom is -0.482 e. The van der Waals surface area contributed by atoms with Gasteiger partial charge in [-0.3, -0.25) is 4.68 Å². The SMILES string of the molecule is CC(Oc1cc(-c2ccn(C3CCN(CCCN)CC3)n2)cnc1N)c1c(Cl)ccc(F)c1Cl. The minimum atomic E-state index is -0.642. The molecular weight excluding hydrogens is 478 g/mol. The number of likely N-dealkylation sites (tertiary alicyclic amines) is 1. The van der Waals surface area contributed by atoms with Gasteiger partial charge >= 0.3 is 0 Å². The number of nitrogens with zero attached hydrogens (tertiary/aromatic N) is 4. The van der Waals surface area contributed by atoms with Crippen LogP contribution in [0.3, 0.4) is 0 Å². The number of halogens is 3. The van der Waals surface area contributed by atoms with Crippen LogP contribution in [0.1, 0.15) is 43.9 Å². The van der Waals surface area contributed by atoms with E-state index in [-0.39, 0.29) is 10.8 Å². The van der Waals surface area contributed by atoms with Crippen molar-refractivity contribution in [2.75, 3.05) is 31.9 Å². The standard InChI is InChI=1S/C24H29Cl2FN6O/c1-15(22-18(25)3-4-19(27)23(22)26)34-21-13-16(14-30-24(21)29)20-7-12-33(31-20)17-5-10-32(11-6-17)9-2-8-28/h3-4,7,12-15,17H,2,5-6,8-11,28H2,1H3,(H2,29,30). The van der Waals surface area contributed by atoms with E-state index in [1.165, 1.54) is 12.1 Å². The van der Waals surface area contributed by atoms with Gasteiger partial charge in [0.2, 0.25) is 0 Å². The van der Waals surface area contributed by atoms with Crippen LogP contribution in [0.25, 0.3) is 11.3 Å². The lowest BCUT2D eigenvalue weighted by Crippen LogP contribution is -2.36. The molecule has 0 amide bonds. The van der Waals surface area contributed by atoms with Gasteiger partial charge in [0.1, 0.15) is 11.9 Å². The molecular formula is C24H29Cl2FN6O. The van der Waals surface area contributed by atoms with Crippen LogP contribution in [-0.2, 0) is 0 Å². The maximum atomic E-state index is 14.0. The maximum Gasteiger partial charge on any atom is 0.166 e. The molecule has 0 radical (unpaired) electrons. The molecule has 1 saturated heterocycles. The van der Waals surface area contributed by atoms with Gasteiger partial charge in [-0.05, 0) is 63.5 Å². The van der Waals surface area contributed by atoms with Crippen LogP contribution in [0, 0.1) is 5.82 Å². The lowest BCUT2D eigenvalue weighted by atomic mass is 10.1. The minimum absolute atomic E-state index is 0.0736. The number of hydrogen-bond donors (Lipinski definition) is 2. The van der Waals surface area contributed by atoms with Crippen molar-refractivity contribution >= 4 is 29.0 Å². The molecule has 7 nitrogen and oxygen atoms in total. The quantitative estimate of drug-likeness (QED) is 0.412. The Balaban J connectivity index is 1.48. The van der Waals surface area contributed by atoms with Crippen LogP contribution < -0.4 is 16.2 Å². The predicted octanol–water partition coefficient (Wildman–Crippen LogP) is 5.10. The highest BCUT2D eigenvalue weighted by molar-refractivity contribution is 6.36. The van der Waals surface area contributed by atoms with Crippen molar-refractivity contribution < 1.29 is 9.13 Å². The summed E-state index contributed by atoms with van der Waals surface area (Å²) in [4.78, 5) is 6.73. The molecule has 4 rings (SSSR count). The van der Waals surface area contributed by atoms with E-state index in [9.17, 15) is 4.39 Å². The Labute approximate surface area is 208 Å². The van der Waals surface area contributed by atoms with Crippen molar-refractivity contribution in [2.24, 2.45) is 5.73 Å². The molecule has 0 aliphatic carbocycles. The van der Waals surface area contributed by atoms with E-state index < -0.39 is 11.9 Å². The molecule has 1 aromatic carbocycles. The first-order valence-electron chi connectivity index (χ1n) is 11.4. The van der Waals surface area contributed by atoms with Crippen LogP contribution in [0.5, 0.6) is 5.75 Å². The van der Waals surface area contributed by atoms with E-state index in [0.29, 0.717) is 22.4 Å². The lowest BCUT2D eigenvalue weighted by Gasteiger charge is -2.31. The number of ether oxygens (including phenoxy) is 1. The average Bonchev–Trinajstić information content (AvgIpc) is 3.32. The summed E-state index contributed by atoms with van der Waals surface area (Å²) in [5, 5.41) is 5.03. The number of anilines is 1. The van der Waals surface area contributed by atoms with E-state index in [0.717, 1.165) is 56.7 Å². The predicted molar refractivity (Wildman–Crippen MR) is 134 cm³/mol. The number of benzene rings is 1. The van der Waals surface area contributed by atoms with Gasteiger partial charge in [0.05, 0.1) is 16.8 Å². The first-order chi connectivity index (χ1) is 16.4. The van der Waals surface area contributed by atoms with Gasteiger partial charge in [0.25, 0.3) is 0 Å². The molecule has 10 heteroatoms. The Hall–Kier alpha value is -2.39. The molecule has 3 heterocycles. The molecule has 0 spiro atoms. The summed E-state index contributed by atoms with van der Waals surface area (Å²) in [6.45, 7) is 5.60. The molecule has 0 saturated carbocycles. The monoisotopic (exact) mass is 506 g/mol. The summed E-state index contributed by atoms with van der Waals surface area (Å²) in [5.41, 5.74) is 13.6. The second kappa shape index (κ2) is 10.9. The second-order valence-electron chi connectivity index (χ2n) is 8.52. The third-order valence-electron chi connectivity index (χ3n) is 6.19. The third kappa shape index (κ3) is 5.46. The molecule has 1 unspecified atom stereocenters. The first kappa shape index (κ1) is 24.7. The van der Waals surface area contributed by atoms with Gasteiger partial charge < -0.3 is 21.1 Å². The summed E-state index contributed by atoms with van der Waals surface area (Å²) >= 11 is 12.4. The number of rotatable bonds is 8. The summed E-state index contributed by atoms with van der Waals surface area (Å²) in [5.74, 6) is -0.000180. The number of hydrogen-bond acceptors (Lipinski definition) is 6. The van der Waals surface area contributed by atoms with Gasteiger partial charge in [-0.2, -0.15) is 5.10 Å². The van der Waals surface area contributed by atoms with Crippen LogP contribution in [0.2, 0.25) is 10.0 Å². The van der Waals surface area contributed by atoms with Gasteiger partial charge in [0.15, 0.2) is 11.6 Å². The molecule has 182 valence electrons. The van der Waals surface area contributed by atoms with Gasteiger partial charge in [-0.15, -0.1) is 0 Å². The van der Waals surface area contributed by atoms with E-state index >= 15 is 0 Å². The largest absolute Gasteiger partial charge is 0.482 e. The summed E-state index contributed by atoms with van der Waals surface area (Å²) in [7, 11) is 0. The fraction of sp³-hybridized carbons (Fsp3) is 0.417. The zero-order chi connectivity index (χ0) is 24.2. The normalized spacial score (nSPS) is 16.0. The van der Waals surface area contributed by atoms with Crippen molar-refractivity contribution in [3.05, 3.63) is 58.1 Å². The number of nitrogen functional groups attached to an aromatic ring is 1. The van der Waals surface area contributed by atoms with E-state index in [1.807, 2.05) is 16.9 Å². The highest BCUT2D eigenvalue weighted by Gasteiger charge is 2.22. The van der Waals surface area contributed by atoms with Crippen LogP contribution in [0.15, 0.2) is 36.7 Å². The van der Waals surface area contributed by atoms with Gasteiger partial charge in [0, 0.05) is 41.6 Å². The zero-order valence-electron chi connectivity index (χ0n) is 19.1. The van der Waals surface area contributed by atoms with Crippen molar-refractivity contribution in [1.29, 1.82) is 0 Å².